The predicted molar refractivity (Wildman–Crippen MR) is 130 cm³/mol. The summed E-state index contributed by atoms with van der Waals surface area (Å²) in [6, 6.07) is 15.5. The molecule has 172 valence electrons. The summed E-state index contributed by atoms with van der Waals surface area (Å²) in [4.78, 5) is 29.9. The Balaban J connectivity index is 1.32. The first-order valence-corrected chi connectivity index (χ1v) is 12.1. The quantitative estimate of drug-likeness (QED) is 0.470. The number of para-hydroxylation sites is 1. The normalized spacial score (nSPS) is 19.6. The monoisotopic (exact) mass is 444 g/mol. The molecule has 5 rings (SSSR count). The van der Waals surface area contributed by atoms with E-state index in [1.165, 1.54) is 17.5 Å². The van der Waals surface area contributed by atoms with Crippen molar-refractivity contribution in [1.29, 1.82) is 0 Å². The maximum atomic E-state index is 13.3. The smallest absolute Gasteiger partial charge is 0.243 e. The highest BCUT2D eigenvalue weighted by molar-refractivity contribution is 5.91. The van der Waals surface area contributed by atoms with Gasteiger partial charge in [-0.2, -0.15) is 0 Å². The van der Waals surface area contributed by atoms with E-state index >= 15 is 0 Å². The van der Waals surface area contributed by atoms with Gasteiger partial charge in [0.1, 0.15) is 6.04 Å². The van der Waals surface area contributed by atoms with Crippen LogP contribution in [0.2, 0.25) is 0 Å². The molecule has 4 N–H and O–H groups in total. The number of carbonyl (C=O) groups excluding carboxylic acids is 2. The lowest BCUT2D eigenvalue weighted by molar-refractivity contribution is -0.130. The molecule has 2 aromatic carbocycles. The fraction of sp³-hybridized carbons (Fsp3) is 0.407. The summed E-state index contributed by atoms with van der Waals surface area (Å²) in [5, 5.41) is 10.7. The van der Waals surface area contributed by atoms with Crippen molar-refractivity contribution in [3.05, 3.63) is 71.4 Å². The van der Waals surface area contributed by atoms with Gasteiger partial charge in [0.25, 0.3) is 0 Å². The van der Waals surface area contributed by atoms with E-state index in [-0.39, 0.29) is 23.9 Å². The second-order valence-electron chi connectivity index (χ2n) is 9.37. The second-order valence-corrected chi connectivity index (χ2v) is 9.37. The molecule has 6 heteroatoms. The van der Waals surface area contributed by atoms with Crippen molar-refractivity contribution >= 4 is 22.7 Å². The topological polar surface area (TPSA) is 86.0 Å². The molecule has 6 nitrogen and oxygen atoms in total. The number of hydrogen-bond acceptors (Lipinski definition) is 3. The van der Waals surface area contributed by atoms with Gasteiger partial charge in [-0.25, -0.2) is 0 Å². The molecule has 0 bridgehead atoms. The molecule has 33 heavy (non-hydrogen) atoms. The lowest BCUT2D eigenvalue weighted by Gasteiger charge is -2.29. The zero-order valence-corrected chi connectivity index (χ0v) is 18.9. The van der Waals surface area contributed by atoms with Gasteiger partial charge in [-0.05, 0) is 42.0 Å². The first-order chi connectivity index (χ1) is 16.2. The molecule has 1 fully saturated rings. The number of carbonyl (C=O) groups is 2. The zero-order chi connectivity index (χ0) is 22.6. The zero-order valence-electron chi connectivity index (χ0n) is 18.9. The number of fused-ring (bicyclic) bond motifs is 2. The summed E-state index contributed by atoms with van der Waals surface area (Å²) >= 11 is 0. The third-order valence-electron chi connectivity index (χ3n) is 7.08. The third kappa shape index (κ3) is 4.96. The number of H-pyrrole nitrogens is 1. The molecule has 1 saturated carbocycles. The van der Waals surface area contributed by atoms with Crippen LogP contribution in [0.1, 0.15) is 48.8 Å². The summed E-state index contributed by atoms with van der Waals surface area (Å²) < 4.78 is 0. The van der Waals surface area contributed by atoms with E-state index in [2.05, 4.69) is 39.1 Å². The number of amides is 2. The SMILES string of the molecule is O=C(NC1CCCCC1)[C@H](Cc1c[nH]c2ccccc12)NC(=O)[C@H]1Cc2ccccc2CN1. The van der Waals surface area contributed by atoms with E-state index in [9.17, 15) is 9.59 Å². The minimum absolute atomic E-state index is 0.0864. The van der Waals surface area contributed by atoms with Crippen molar-refractivity contribution in [3.63, 3.8) is 0 Å². The summed E-state index contributed by atoms with van der Waals surface area (Å²) in [5.41, 5.74) is 4.50. The largest absolute Gasteiger partial charge is 0.361 e. The van der Waals surface area contributed by atoms with Crippen molar-refractivity contribution in [2.45, 2.75) is 69.6 Å². The van der Waals surface area contributed by atoms with Crippen LogP contribution in [0.5, 0.6) is 0 Å². The number of hydrogen-bond donors (Lipinski definition) is 4. The minimum atomic E-state index is -0.613. The van der Waals surface area contributed by atoms with Gasteiger partial charge in [-0.3, -0.25) is 9.59 Å². The van der Waals surface area contributed by atoms with Crippen molar-refractivity contribution in [3.8, 4) is 0 Å². The molecule has 2 aliphatic rings. The summed E-state index contributed by atoms with van der Waals surface area (Å²) in [6.45, 7) is 0.662. The van der Waals surface area contributed by atoms with Crippen LogP contribution in [-0.2, 0) is 29.0 Å². The van der Waals surface area contributed by atoms with Crippen LogP contribution in [0, 0.1) is 0 Å². The molecule has 2 amide bonds. The number of aromatic nitrogens is 1. The molecule has 1 aromatic heterocycles. The minimum Gasteiger partial charge on any atom is -0.361 e. The average molecular weight is 445 g/mol. The van der Waals surface area contributed by atoms with Gasteiger partial charge < -0.3 is 20.9 Å². The molecular weight excluding hydrogens is 412 g/mol. The molecule has 0 unspecified atom stereocenters. The van der Waals surface area contributed by atoms with Crippen LogP contribution in [-0.4, -0.2) is 34.9 Å². The van der Waals surface area contributed by atoms with E-state index < -0.39 is 6.04 Å². The predicted octanol–water partition coefficient (Wildman–Crippen LogP) is 3.36. The van der Waals surface area contributed by atoms with Crippen molar-refractivity contribution in [1.82, 2.24) is 20.9 Å². The standard InChI is InChI=1S/C27H32N4O2/c32-26(24-14-18-8-4-5-9-19(18)16-29-24)31-25(27(33)30-21-10-2-1-3-11-21)15-20-17-28-23-13-7-6-12-22(20)23/h4-9,12-13,17,21,24-25,28-29H,1-3,10-11,14-16H2,(H,30,33)(H,31,32)/t24-,25+/m1/s1. The Kier molecular flexibility index (Phi) is 6.44. The molecule has 2 heterocycles. The number of rotatable bonds is 6. The average Bonchev–Trinajstić information content (AvgIpc) is 3.26. The number of benzene rings is 2. The Morgan fingerprint density at radius 3 is 2.58 bits per heavy atom. The Hall–Kier alpha value is -3.12. The molecule has 1 aliphatic heterocycles. The van der Waals surface area contributed by atoms with Gasteiger partial charge in [0.05, 0.1) is 6.04 Å². The Bertz CT molecular complexity index is 1130. The highest BCUT2D eigenvalue weighted by Crippen LogP contribution is 2.21. The third-order valence-corrected chi connectivity index (χ3v) is 7.08. The van der Waals surface area contributed by atoms with Crippen molar-refractivity contribution in [2.24, 2.45) is 0 Å². The molecule has 2 atom stereocenters. The van der Waals surface area contributed by atoms with Crippen LogP contribution in [0.15, 0.2) is 54.7 Å². The van der Waals surface area contributed by atoms with Gasteiger partial charge in [0.2, 0.25) is 11.8 Å². The van der Waals surface area contributed by atoms with Crippen LogP contribution in [0.3, 0.4) is 0 Å². The Morgan fingerprint density at radius 2 is 1.73 bits per heavy atom. The van der Waals surface area contributed by atoms with Gasteiger partial charge in [0.15, 0.2) is 0 Å². The summed E-state index contributed by atoms with van der Waals surface area (Å²) in [6.07, 6.45) is 8.60. The molecule has 1 aliphatic carbocycles. The van der Waals surface area contributed by atoms with Crippen LogP contribution in [0.4, 0.5) is 0 Å². The fourth-order valence-electron chi connectivity index (χ4n) is 5.19. The lowest BCUT2D eigenvalue weighted by atomic mass is 9.94. The molecule has 0 saturated heterocycles. The first kappa shape index (κ1) is 21.7. The highest BCUT2D eigenvalue weighted by atomic mass is 16.2. The summed E-state index contributed by atoms with van der Waals surface area (Å²) in [7, 11) is 0. The van der Waals surface area contributed by atoms with Gasteiger partial charge in [0, 0.05) is 36.1 Å². The molecular formula is C27H32N4O2. The maximum absolute atomic E-state index is 13.3. The van der Waals surface area contributed by atoms with Gasteiger partial charge >= 0.3 is 0 Å². The van der Waals surface area contributed by atoms with E-state index in [1.807, 2.05) is 36.5 Å². The first-order valence-electron chi connectivity index (χ1n) is 12.1. The highest BCUT2D eigenvalue weighted by Gasteiger charge is 2.30. The second kappa shape index (κ2) is 9.79. The molecule has 0 radical (unpaired) electrons. The van der Waals surface area contributed by atoms with Crippen LogP contribution in [0.25, 0.3) is 10.9 Å². The Labute approximate surface area is 194 Å². The van der Waals surface area contributed by atoms with E-state index in [4.69, 9.17) is 0 Å². The number of aromatic amines is 1. The van der Waals surface area contributed by atoms with Crippen LogP contribution >= 0.6 is 0 Å². The molecule has 3 aromatic rings. The fourth-order valence-corrected chi connectivity index (χ4v) is 5.19. The van der Waals surface area contributed by atoms with Crippen LogP contribution < -0.4 is 16.0 Å². The maximum Gasteiger partial charge on any atom is 0.243 e. The van der Waals surface area contributed by atoms with E-state index in [0.717, 1.165) is 42.1 Å². The Morgan fingerprint density at radius 1 is 0.970 bits per heavy atom. The van der Waals surface area contributed by atoms with E-state index in [1.54, 1.807) is 0 Å². The summed E-state index contributed by atoms with van der Waals surface area (Å²) in [5.74, 6) is -0.204. The van der Waals surface area contributed by atoms with Crippen molar-refractivity contribution < 1.29 is 9.59 Å². The van der Waals surface area contributed by atoms with E-state index in [0.29, 0.717) is 19.4 Å². The lowest BCUT2D eigenvalue weighted by Crippen LogP contribution is -2.56. The van der Waals surface area contributed by atoms with Crippen molar-refractivity contribution in [2.75, 3.05) is 0 Å². The van der Waals surface area contributed by atoms with Gasteiger partial charge in [-0.1, -0.05) is 61.7 Å². The molecule has 0 spiro atoms. The number of nitrogens with one attached hydrogen (secondary N) is 4. The van der Waals surface area contributed by atoms with Gasteiger partial charge in [-0.15, -0.1) is 0 Å².